The molecule has 0 aromatic heterocycles. The van der Waals surface area contributed by atoms with E-state index in [0.717, 1.165) is 6.08 Å². The van der Waals surface area contributed by atoms with Crippen LogP contribution in [0, 0.1) is 0 Å². The van der Waals surface area contributed by atoms with Crippen LogP contribution in [-0.2, 0) is 39.4 Å². The van der Waals surface area contributed by atoms with E-state index in [1.807, 2.05) is 0 Å². The summed E-state index contributed by atoms with van der Waals surface area (Å²) in [5.74, 6) is -2.34. The van der Waals surface area contributed by atoms with Crippen LogP contribution in [0.15, 0.2) is 12.7 Å². The Morgan fingerprint density at radius 2 is 1.25 bits per heavy atom. The maximum Gasteiger partial charge on any atom is 1.00 e. The molecule has 0 rings (SSSR count). The first-order chi connectivity index (χ1) is 14.8. The Bertz CT molecular complexity index is 919. The molecule has 0 aromatic carbocycles. The molecule has 40 heavy (non-hydrogen) atoms. The van der Waals surface area contributed by atoms with E-state index in [1.165, 1.54) is 27.7 Å². The number of hydrogen-bond donors (Lipinski definition) is 3. The van der Waals surface area contributed by atoms with Crippen molar-refractivity contribution in [3.8, 4) is 0 Å². The van der Waals surface area contributed by atoms with Crippen LogP contribution in [0.5, 0.6) is 0 Å². The molecule has 0 aliphatic rings. The van der Waals surface area contributed by atoms with Gasteiger partial charge in [-0.25, -0.2) is 23.1 Å². The summed E-state index contributed by atoms with van der Waals surface area (Å²) in [5.41, 5.74) is -2.24. The largest absolute Gasteiger partial charge is 1.00 e. The summed E-state index contributed by atoms with van der Waals surface area (Å²) in [6.07, 6.45) is 3.93. The first-order valence-electron chi connectivity index (χ1n) is 9.34. The van der Waals surface area contributed by atoms with Crippen molar-refractivity contribution >= 4 is 44.6 Å². The van der Waals surface area contributed by atoms with E-state index in [4.69, 9.17) is 0 Å². The zero-order chi connectivity index (χ0) is 26.5. The summed E-state index contributed by atoms with van der Waals surface area (Å²) in [7, 11) is -8.78. The Morgan fingerprint density at radius 3 is 1.55 bits per heavy atom. The van der Waals surface area contributed by atoms with Crippen molar-refractivity contribution in [1.82, 2.24) is 16.0 Å². The van der Waals surface area contributed by atoms with Gasteiger partial charge in [0.2, 0.25) is 11.8 Å². The third kappa shape index (κ3) is 44.2. The van der Waals surface area contributed by atoms with Crippen molar-refractivity contribution in [2.75, 3.05) is 18.1 Å². The summed E-state index contributed by atoms with van der Waals surface area (Å²) >= 11 is 0. The molecule has 216 valence electrons. The Hall–Kier alpha value is 1.72. The SMILES string of the molecule is C.C=CC(=O)NC(C)(C)CS(=O)(=O)[O-].CC(C)(CS(=O)(=O)[O-])NC(=O)CCNC([C-]=O)C[C-]=O.[Na+].[Na+].[Na+].[Na+].[OH-].[OH-]. The zero-order valence-corrected chi connectivity index (χ0v) is 33.3. The van der Waals surface area contributed by atoms with Crippen molar-refractivity contribution in [1.29, 1.82) is 0 Å². The van der Waals surface area contributed by atoms with Gasteiger partial charge in [0.1, 0.15) is 0 Å². The molecular weight excluding hydrogens is 618 g/mol. The molecule has 21 heteroatoms. The number of rotatable bonds is 14. The molecule has 0 heterocycles. The second-order valence-electron chi connectivity index (χ2n) is 8.14. The summed E-state index contributed by atoms with van der Waals surface area (Å²) in [5, 5.41) is 7.34. The van der Waals surface area contributed by atoms with Crippen LogP contribution in [0.25, 0.3) is 0 Å². The molecule has 1 atom stereocenters. The minimum Gasteiger partial charge on any atom is -0.870 e. The van der Waals surface area contributed by atoms with Gasteiger partial charge in [0.15, 0.2) is 0 Å². The Kier molecular flexibility index (Phi) is 49.6. The van der Waals surface area contributed by atoms with Crippen LogP contribution in [0.1, 0.15) is 48.0 Å². The molecule has 0 fully saturated rings. The predicted molar refractivity (Wildman–Crippen MR) is 127 cm³/mol. The van der Waals surface area contributed by atoms with Crippen molar-refractivity contribution in [3.05, 3.63) is 12.7 Å². The fraction of sp³-hybridized carbons (Fsp3) is 0.684. The summed E-state index contributed by atoms with van der Waals surface area (Å²) in [6, 6.07) is -0.824. The molecule has 0 aliphatic carbocycles. The molecule has 5 N–H and O–H groups in total. The van der Waals surface area contributed by atoms with Gasteiger partial charge in [-0.05, 0) is 33.8 Å². The van der Waals surface area contributed by atoms with Crippen molar-refractivity contribution < 1.29 is 174 Å². The van der Waals surface area contributed by atoms with Crippen LogP contribution in [0.4, 0.5) is 0 Å². The third-order valence-corrected chi connectivity index (χ3v) is 5.52. The molecule has 2 amide bonds. The minimum absolute atomic E-state index is 0. The molecular formula is C19H35N3Na4O12S2-2. The fourth-order valence-electron chi connectivity index (χ4n) is 2.38. The first-order valence-corrected chi connectivity index (χ1v) is 12.5. The molecule has 15 nitrogen and oxygen atoms in total. The summed E-state index contributed by atoms with van der Waals surface area (Å²) in [4.78, 5) is 42.8. The third-order valence-electron chi connectivity index (χ3n) is 3.37. The van der Waals surface area contributed by atoms with Gasteiger partial charge in [-0.3, -0.25) is 15.9 Å². The minimum atomic E-state index is -4.45. The maximum absolute atomic E-state index is 11.5. The van der Waals surface area contributed by atoms with Gasteiger partial charge < -0.3 is 45.6 Å². The molecule has 0 aliphatic heterocycles. The Morgan fingerprint density at radius 1 is 0.875 bits per heavy atom. The standard InChI is InChI=1S/C11H18N2O6S.C7H13NO4S.CH4.4Na.2H2O/c1-11(2,8-20(17,18)19)13-10(16)3-5-12-9(7-15)4-6-14;1-4-6(9)8-7(2,3)5-13(10,11)12;;;;;;;/h9,12H,3-5,8H2,1-2H3,(H,13,16)(H,17,18,19);4H,1,5H2,2-3H3,(H,8,9)(H,10,11,12);1H4;;;;;2*1H2/q-2;;;4*+1;;/p-4. The molecule has 1 unspecified atom stereocenters. The molecule has 0 saturated heterocycles. The van der Waals surface area contributed by atoms with Gasteiger partial charge >= 0.3 is 118 Å². The molecule has 0 spiro atoms. The van der Waals surface area contributed by atoms with E-state index in [0.29, 0.717) is 0 Å². The fourth-order valence-corrected chi connectivity index (χ4v) is 4.29. The van der Waals surface area contributed by atoms with Crippen LogP contribution in [0.3, 0.4) is 0 Å². The van der Waals surface area contributed by atoms with Crippen molar-refractivity contribution in [2.45, 2.75) is 65.1 Å². The Labute approximate surface area is 326 Å². The second kappa shape index (κ2) is 30.7. The van der Waals surface area contributed by atoms with E-state index in [2.05, 4.69) is 22.5 Å². The normalized spacial score (nSPS) is 10.8. The average Bonchev–Trinajstić information content (AvgIpc) is 2.56. The smallest absolute Gasteiger partial charge is 0.870 e. The zero-order valence-electron chi connectivity index (χ0n) is 23.7. The average molecular weight is 654 g/mol. The van der Waals surface area contributed by atoms with Gasteiger partial charge in [-0.1, -0.05) is 14.0 Å². The summed E-state index contributed by atoms with van der Waals surface area (Å²) < 4.78 is 63.1. The van der Waals surface area contributed by atoms with E-state index in [-0.39, 0.29) is 156 Å². The van der Waals surface area contributed by atoms with Crippen molar-refractivity contribution in [2.24, 2.45) is 0 Å². The second-order valence-corrected chi connectivity index (χ2v) is 10.9. The van der Waals surface area contributed by atoms with Crippen LogP contribution in [-0.4, -0.2) is 96.5 Å². The van der Waals surface area contributed by atoms with E-state index < -0.39 is 60.7 Å². The van der Waals surface area contributed by atoms with E-state index in [1.54, 1.807) is 12.6 Å². The van der Waals surface area contributed by atoms with Gasteiger partial charge in [0, 0.05) is 24.0 Å². The maximum atomic E-state index is 11.5. The molecule has 0 saturated carbocycles. The topological polar surface area (TPSA) is 279 Å². The Balaban J connectivity index is -0.0000000618. The van der Waals surface area contributed by atoms with Gasteiger partial charge in [0.25, 0.3) is 0 Å². The van der Waals surface area contributed by atoms with E-state index >= 15 is 0 Å². The van der Waals surface area contributed by atoms with Crippen LogP contribution >= 0.6 is 0 Å². The molecule has 0 aromatic rings. The van der Waals surface area contributed by atoms with Gasteiger partial charge in [0.05, 0.1) is 31.7 Å². The monoisotopic (exact) mass is 653 g/mol. The van der Waals surface area contributed by atoms with Gasteiger partial charge in [-0.15, -0.1) is 6.04 Å². The van der Waals surface area contributed by atoms with Gasteiger partial charge in [-0.2, -0.15) is 6.42 Å². The number of hydrogen-bond acceptors (Lipinski definition) is 13. The van der Waals surface area contributed by atoms with E-state index in [9.17, 15) is 45.1 Å². The van der Waals surface area contributed by atoms with Crippen LogP contribution in [0.2, 0.25) is 0 Å². The number of carbonyl (C=O) groups is 2. The number of amides is 2. The number of carbonyl (C=O) groups excluding carboxylic acids is 4. The van der Waals surface area contributed by atoms with Crippen molar-refractivity contribution in [3.63, 3.8) is 0 Å². The first kappa shape index (κ1) is 64.6. The summed E-state index contributed by atoms with van der Waals surface area (Å²) in [6.45, 7) is 9.03. The number of nitrogens with one attached hydrogen (secondary N) is 3. The quantitative estimate of drug-likeness (QED) is 0.0680. The molecule has 0 radical (unpaired) electrons. The predicted octanol–water partition coefficient (Wildman–Crippen LogP) is -13.7. The van der Waals surface area contributed by atoms with Crippen LogP contribution < -0.4 is 134 Å². The molecule has 0 bridgehead atoms.